The molecule has 2 aromatic carbocycles. The highest BCUT2D eigenvalue weighted by molar-refractivity contribution is 6.08. The van der Waals surface area contributed by atoms with Crippen molar-refractivity contribution in [2.45, 2.75) is 13.8 Å². The van der Waals surface area contributed by atoms with Gasteiger partial charge in [-0.3, -0.25) is 9.59 Å². The third-order valence-corrected chi connectivity index (χ3v) is 4.97. The first-order chi connectivity index (χ1) is 15.5. The number of carbonyl (C=O) groups excluding carboxylic acids is 2. The lowest BCUT2D eigenvalue weighted by Crippen LogP contribution is -2.33. The van der Waals surface area contributed by atoms with E-state index in [2.05, 4.69) is 20.8 Å². The second-order valence-corrected chi connectivity index (χ2v) is 7.30. The topological polar surface area (TPSA) is 106 Å². The van der Waals surface area contributed by atoms with E-state index in [-0.39, 0.29) is 18.2 Å². The smallest absolute Gasteiger partial charge is 0.259 e. The Labute approximate surface area is 184 Å². The molecule has 0 fully saturated rings. The molecule has 0 aliphatic rings. The molecule has 4 rings (SSSR count). The lowest BCUT2D eigenvalue weighted by atomic mass is 10.1. The molecular weight excluding hydrogens is 408 g/mol. The molecule has 2 amide bonds. The molecule has 0 saturated heterocycles. The molecule has 0 aliphatic carbocycles. The Bertz CT molecular complexity index is 1300. The summed E-state index contributed by atoms with van der Waals surface area (Å²) in [7, 11) is 1.53. The largest absolute Gasteiger partial charge is 0.495 e. The summed E-state index contributed by atoms with van der Waals surface area (Å²) in [5.41, 5.74) is 4.08. The van der Waals surface area contributed by atoms with Gasteiger partial charge in [-0.15, -0.1) is 0 Å². The Morgan fingerprint density at radius 3 is 2.59 bits per heavy atom. The summed E-state index contributed by atoms with van der Waals surface area (Å²) in [6.07, 6.45) is 0. The normalized spacial score (nSPS) is 10.7. The van der Waals surface area contributed by atoms with Crippen LogP contribution in [0.25, 0.3) is 22.4 Å². The summed E-state index contributed by atoms with van der Waals surface area (Å²) in [5, 5.41) is 9.90. The molecule has 2 heterocycles. The van der Waals surface area contributed by atoms with E-state index in [0.29, 0.717) is 33.8 Å². The number of nitrogens with one attached hydrogen (secondary N) is 2. The molecular formula is C24H22N4O4. The predicted molar refractivity (Wildman–Crippen MR) is 121 cm³/mol. The minimum absolute atomic E-state index is 0.218. The second kappa shape index (κ2) is 8.89. The number of aromatic nitrogens is 2. The van der Waals surface area contributed by atoms with Gasteiger partial charge in [0.1, 0.15) is 5.75 Å². The zero-order valence-electron chi connectivity index (χ0n) is 17.9. The van der Waals surface area contributed by atoms with E-state index in [4.69, 9.17) is 9.26 Å². The zero-order chi connectivity index (χ0) is 22.7. The van der Waals surface area contributed by atoms with Crippen LogP contribution in [0.5, 0.6) is 5.75 Å². The fraction of sp³-hybridized carbons (Fsp3) is 0.167. The SMILES string of the molecule is COc1ccc(C)cc1NC(=O)CNC(=O)c1cc(-c2ccccc2)nc2onc(C)c12. The summed E-state index contributed by atoms with van der Waals surface area (Å²) in [4.78, 5) is 30.0. The summed E-state index contributed by atoms with van der Waals surface area (Å²) in [5.74, 6) is -0.260. The molecule has 0 saturated carbocycles. The quantitative estimate of drug-likeness (QED) is 0.481. The van der Waals surface area contributed by atoms with E-state index in [1.807, 2.05) is 43.3 Å². The summed E-state index contributed by atoms with van der Waals surface area (Å²) in [6.45, 7) is 3.44. The van der Waals surface area contributed by atoms with Crippen LogP contribution in [-0.2, 0) is 4.79 Å². The van der Waals surface area contributed by atoms with Crippen LogP contribution in [0.4, 0.5) is 5.69 Å². The molecule has 2 N–H and O–H groups in total. The third-order valence-electron chi connectivity index (χ3n) is 4.97. The fourth-order valence-electron chi connectivity index (χ4n) is 3.40. The van der Waals surface area contributed by atoms with Gasteiger partial charge >= 0.3 is 0 Å². The van der Waals surface area contributed by atoms with Gasteiger partial charge in [0.2, 0.25) is 5.91 Å². The first-order valence-corrected chi connectivity index (χ1v) is 10.0. The number of hydrogen-bond donors (Lipinski definition) is 2. The Kier molecular flexibility index (Phi) is 5.85. The number of amides is 2. The van der Waals surface area contributed by atoms with Gasteiger partial charge in [-0.05, 0) is 37.6 Å². The second-order valence-electron chi connectivity index (χ2n) is 7.30. The van der Waals surface area contributed by atoms with E-state index < -0.39 is 5.91 Å². The average molecular weight is 430 g/mol. The molecule has 0 spiro atoms. The Hall–Kier alpha value is -4.20. The molecule has 0 unspecified atom stereocenters. The fourth-order valence-corrected chi connectivity index (χ4v) is 3.40. The van der Waals surface area contributed by atoms with Gasteiger partial charge in [0.25, 0.3) is 11.6 Å². The van der Waals surface area contributed by atoms with Crippen LogP contribution in [0.15, 0.2) is 59.1 Å². The first kappa shape index (κ1) is 21.0. The maximum atomic E-state index is 13.0. The van der Waals surface area contributed by atoms with E-state index in [9.17, 15) is 9.59 Å². The molecule has 32 heavy (non-hydrogen) atoms. The summed E-state index contributed by atoms with van der Waals surface area (Å²) in [6, 6.07) is 16.6. The van der Waals surface area contributed by atoms with Crippen molar-refractivity contribution in [3.05, 3.63) is 71.4 Å². The first-order valence-electron chi connectivity index (χ1n) is 10.0. The molecule has 0 aliphatic heterocycles. The number of methoxy groups -OCH3 is 1. The number of aryl methyl sites for hydroxylation is 2. The van der Waals surface area contributed by atoms with Gasteiger partial charge in [0.15, 0.2) is 0 Å². The highest BCUT2D eigenvalue weighted by Crippen LogP contribution is 2.27. The van der Waals surface area contributed by atoms with E-state index in [1.165, 1.54) is 7.11 Å². The van der Waals surface area contributed by atoms with Gasteiger partial charge in [0.05, 0.1) is 41.7 Å². The van der Waals surface area contributed by atoms with Crippen LogP contribution in [-0.4, -0.2) is 35.6 Å². The lowest BCUT2D eigenvalue weighted by Gasteiger charge is -2.12. The monoisotopic (exact) mass is 430 g/mol. The van der Waals surface area contributed by atoms with Crippen molar-refractivity contribution in [2.75, 3.05) is 19.0 Å². The van der Waals surface area contributed by atoms with Gasteiger partial charge in [-0.25, -0.2) is 4.98 Å². The van der Waals surface area contributed by atoms with Crippen LogP contribution in [0, 0.1) is 13.8 Å². The Morgan fingerprint density at radius 1 is 1.06 bits per heavy atom. The maximum absolute atomic E-state index is 13.0. The van der Waals surface area contributed by atoms with Crippen LogP contribution in [0.2, 0.25) is 0 Å². The molecule has 8 nitrogen and oxygen atoms in total. The molecule has 8 heteroatoms. The van der Waals surface area contributed by atoms with Crippen molar-refractivity contribution in [3.63, 3.8) is 0 Å². The van der Waals surface area contributed by atoms with E-state index in [1.54, 1.807) is 25.1 Å². The average Bonchev–Trinajstić information content (AvgIpc) is 3.18. The minimum Gasteiger partial charge on any atom is -0.495 e. The minimum atomic E-state index is -0.424. The standard InChI is InChI=1S/C24H22N4O4/c1-14-9-10-20(31-3)19(11-14)26-21(29)13-25-23(30)17-12-18(16-7-5-4-6-8-16)27-24-22(17)15(2)28-32-24/h4-12H,13H2,1-3H3,(H,25,30)(H,26,29). The molecule has 2 aromatic heterocycles. The zero-order valence-corrected chi connectivity index (χ0v) is 17.9. The number of carbonyl (C=O) groups is 2. The molecule has 4 aromatic rings. The summed E-state index contributed by atoms with van der Waals surface area (Å²) >= 11 is 0. The van der Waals surface area contributed by atoms with Crippen LogP contribution in [0.1, 0.15) is 21.6 Å². The van der Waals surface area contributed by atoms with Gasteiger partial charge in [0, 0.05) is 5.56 Å². The number of anilines is 1. The van der Waals surface area contributed by atoms with Crippen molar-refractivity contribution in [3.8, 4) is 17.0 Å². The molecule has 0 bridgehead atoms. The highest BCUT2D eigenvalue weighted by atomic mass is 16.5. The van der Waals surface area contributed by atoms with Crippen LogP contribution in [0.3, 0.4) is 0 Å². The number of nitrogens with zero attached hydrogens (tertiary/aromatic N) is 2. The van der Waals surface area contributed by atoms with Crippen molar-refractivity contribution in [2.24, 2.45) is 0 Å². The maximum Gasteiger partial charge on any atom is 0.259 e. The van der Waals surface area contributed by atoms with Crippen LogP contribution < -0.4 is 15.4 Å². The third kappa shape index (κ3) is 4.29. The lowest BCUT2D eigenvalue weighted by molar-refractivity contribution is -0.115. The van der Waals surface area contributed by atoms with E-state index in [0.717, 1.165) is 11.1 Å². The predicted octanol–water partition coefficient (Wildman–Crippen LogP) is 3.88. The number of fused-ring (bicyclic) bond motifs is 1. The summed E-state index contributed by atoms with van der Waals surface area (Å²) < 4.78 is 10.6. The van der Waals surface area contributed by atoms with Crippen molar-refractivity contribution < 1.29 is 18.8 Å². The highest BCUT2D eigenvalue weighted by Gasteiger charge is 2.20. The molecule has 0 radical (unpaired) electrons. The Morgan fingerprint density at radius 2 is 1.84 bits per heavy atom. The van der Waals surface area contributed by atoms with E-state index >= 15 is 0 Å². The number of ether oxygens (including phenoxy) is 1. The van der Waals surface area contributed by atoms with Gasteiger partial charge in [-0.1, -0.05) is 41.6 Å². The van der Waals surface area contributed by atoms with Gasteiger partial charge in [-0.2, -0.15) is 0 Å². The number of benzene rings is 2. The number of hydrogen-bond acceptors (Lipinski definition) is 6. The Balaban J connectivity index is 1.56. The van der Waals surface area contributed by atoms with Crippen molar-refractivity contribution >= 4 is 28.6 Å². The van der Waals surface area contributed by atoms with Crippen molar-refractivity contribution in [1.29, 1.82) is 0 Å². The molecule has 0 atom stereocenters. The van der Waals surface area contributed by atoms with Gasteiger partial charge < -0.3 is 19.9 Å². The van der Waals surface area contributed by atoms with Crippen LogP contribution >= 0.6 is 0 Å². The molecule has 162 valence electrons. The van der Waals surface area contributed by atoms with Crippen molar-refractivity contribution in [1.82, 2.24) is 15.5 Å². The number of pyridine rings is 1. The number of rotatable bonds is 6.